The standard InChI is InChI=1S/C14H14ClFN2/c1-18(12-7-5-11(17)6-8-12)9-10-3-2-4-13(16)14(10)15/h2-8H,9,17H2,1H3. The molecular weight excluding hydrogens is 251 g/mol. The third kappa shape index (κ3) is 2.74. The number of benzene rings is 2. The van der Waals surface area contributed by atoms with Crippen molar-refractivity contribution >= 4 is 23.0 Å². The van der Waals surface area contributed by atoms with Crippen LogP contribution in [0.5, 0.6) is 0 Å². The van der Waals surface area contributed by atoms with E-state index in [-0.39, 0.29) is 10.8 Å². The van der Waals surface area contributed by atoms with Crippen molar-refractivity contribution in [1.82, 2.24) is 0 Å². The van der Waals surface area contributed by atoms with Crippen LogP contribution in [0.2, 0.25) is 5.02 Å². The highest BCUT2D eigenvalue weighted by Crippen LogP contribution is 2.23. The molecule has 0 heterocycles. The molecule has 0 radical (unpaired) electrons. The van der Waals surface area contributed by atoms with E-state index < -0.39 is 0 Å². The second-order valence-corrected chi connectivity index (χ2v) is 4.54. The fraction of sp³-hybridized carbons (Fsp3) is 0.143. The largest absolute Gasteiger partial charge is 0.399 e. The Kier molecular flexibility index (Phi) is 3.72. The van der Waals surface area contributed by atoms with Gasteiger partial charge in [0.15, 0.2) is 0 Å². The van der Waals surface area contributed by atoms with Gasteiger partial charge >= 0.3 is 0 Å². The van der Waals surface area contributed by atoms with Gasteiger partial charge in [0, 0.05) is 25.0 Å². The third-order valence-corrected chi connectivity index (χ3v) is 3.20. The molecule has 2 rings (SSSR count). The molecule has 0 aromatic heterocycles. The molecule has 0 fully saturated rings. The molecule has 0 saturated heterocycles. The predicted octanol–water partition coefficient (Wildman–Crippen LogP) is 3.70. The van der Waals surface area contributed by atoms with E-state index in [1.54, 1.807) is 6.07 Å². The molecule has 0 saturated carbocycles. The number of hydrogen-bond acceptors (Lipinski definition) is 2. The molecule has 0 atom stereocenters. The van der Waals surface area contributed by atoms with Gasteiger partial charge in [-0.1, -0.05) is 23.7 Å². The van der Waals surface area contributed by atoms with Crippen LogP contribution < -0.4 is 10.6 Å². The van der Waals surface area contributed by atoms with Crippen molar-refractivity contribution in [3.8, 4) is 0 Å². The first-order chi connectivity index (χ1) is 8.58. The molecule has 94 valence electrons. The number of nitrogen functional groups attached to an aromatic ring is 1. The third-order valence-electron chi connectivity index (χ3n) is 2.77. The number of hydrogen-bond donors (Lipinski definition) is 1. The number of halogens is 2. The van der Waals surface area contributed by atoms with Crippen molar-refractivity contribution in [1.29, 1.82) is 0 Å². The van der Waals surface area contributed by atoms with Gasteiger partial charge in [-0.2, -0.15) is 0 Å². The fourth-order valence-corrected chi connectivity index (χ4v) is 1.93. The zero-order valence-electron chi connectivity index (χ0n) is 10.0. The van der Waals surface area contributed by atoms with Crippen LogP contribution in [-0.4, -0.2) is 7.05 Å². The van der Waals surface area contributed by atoms with Gasteiger partial charge in [-0.3, -0.25) is 0 Å². The molecule has 0 aliphatic rings. The summed E-state index contributed by atoms with van der Waals surface area (Å²) in [5, 5.41) is 0.180. The first-order valence-corrected chi connectivity index (χ1v) is 5.95. The second-order valence-electron chi connectivity index (χ2n) is 4.16. The van der Waals surface area contributed by atoms with Crippen LogP contribution in [0.3, 0.4) is 0 Å². The zero-order valence-corrected chi connectivity index (χ0v) is 10.8. The maximum atomic E-state index is 13.3. The van der Waals surface area contributed by atoms with Crippen molar-refractivity contribution in [3.63, 3.8) is 0 Å². The summed E-state index contributed by atoms with van der Waals surface area (Å²) >= 11 is 5.93. The van der Waals surface area contributed by atoms with Crippen molar-refractivity contribution in [3.05, 3.63) is 58.9 Å². The molecule has 2 aromatic rings. The summed E-state index contributed by atoms with van der Waals surface area (Å²) < 4.78 is 13.3. The topological polar surface area (TPSA) is 29.3 Å². The van der Waals surface area contributed by atoms with E-state index in [2.05, 4.69) is 0 Å². The summed E-state index contributed by atoms with van der Waals surface area (Å²) in [5.41, 5.74) is 8.12. The lowest BCUT2D eigenvalue weighted by molar-refractivity contribution is 0.625. The molecule has 4 heteroatoms. The Morgan fingerprint density at radius 2 is 1.83 bits per heavy atom. The first-order valence-electron chi connectivity index (χ1n) is 5.57. The van der Waals surface area contributed by atoms with Crippen LogP contribution in [0.15, 0.2) is 42.5 Å². The monoisotopic (exact) mass is 264 g/mol. The van der Waals surface area contributed by atoms with E-state index in [0.29, 0.717) is 6.54 Å². The lowest BCUT2D eigenvalue weighted by Crippen LogP contribution is -2.16. The zero-order chi connectivity index (χ0) is 13.1. The van der Waals surface area contributed by atoms with E-state index in [1.807, 2.05) is 42.3 Å². The van der Waals surface area contributed by atoms with Gasteiger partial charge in [0.2, 0.25) is 0 Å². The quantitative estimate of drug-likeness (QED) is 0.857. The van der Waals surface area contributed by atoms with E-state index in [0.717, 1.165) is 16.9 Å². The smallest absolute Gasteiger partial charge is 0.142 e. The molecular formula is C14H14ClFN2. The Hall–Kier alpha value is -1.74. The van der Waals surface area contributed by atoms with Gasteiger partial charge in [-0.05, 0) is 35.9 Å². The van der Waals surface area contributed by atoms with Crippen LogP contribution in [-0.2, 0) is 6.54 Å². The highest BCUT2D eigenvalue weighted by molar-refractivity contribution is 6.31. The first kappa shape index (κ1) is 12.7. The summed E-state index contributed by atoms with van der Waals surface area (Å²) in [6.07, 6.45) is 0. The Bertz CT molecular complexity index is 540. The van der Waals surface area contributed by atoms with E-state index in [9.17, 15) is 4.39 Å². The normalized spacial score (nSPS) is 10.4. The van der Waals surface area contributed by atoms with Crippen LogP contribution in [0.4, 0.5) is 15.8 Å². The molecule has 0 bridgehead atoms. The van der Waals surface area contributed by atoms with Crippen LogP contribution in [0.25, 0.3) is 0 Å². The van der Waals surface area contributed by atoms with E-state index in [1.165, 1.54) is 6.07 Å². The summed E-state index contributed by atoms with van der Waals surface area (Å²) in [4.78, 5) is 1.99. The minimum Gasteiger partial charge on any atom is -0.399 e. The van der Waals surface area contributed by atoms with Gasteiger partial charge in [-0.15, -0.1) is 0 Å². The van der Waals surface area contributed by atoms with Crippen LogP contribution in [0, 0.1) is 5.82 Å². The van der Waals surface area contributed by atoms with Crippen LogP contribution >= 0.6 is 11.6 Å². The molecule has 0 spiro atoms. The van der Waals surface area contributed by atoms with Gasteiger partial charge < -0.3 is 10.6 Å². The van der Waals surface area contributed by atoms with Crippen molar-refractivity contribution < 1.29 is 4.39 Å². The highest BCUT2D eigenvalue weighted by atomic mass is 35.5. The lowest BCUT2D eigenvalue weighted by Gasteiger charge is -2.20. The van der Waals surface area contributed by atoms with Crippen LogP contribution in [0.1, 0.15) is 5.56 Å². The summed E-state index contributed by atoms with van der Waals surface area (Å²) in [7, 11) is 1.92. The van der Waals surface area contributed by atoms with E-state index >= 15 is 0 Å². The Balaban J connectivity index is 2.18. The van der Waals surface area contributed by atoms with Gasteiger partial charge in [-0.25, -0.2) is 4.39 Å². The summed E-state index contributed by atoms with van der Waals surface area (Å²) in [6.45, 7) is 0.542. The average molecular weight is 265 g/mol. The number of anilines is 2. The summed E-state index contributed by atoms with van der Waals surface area (Å²) in [6, 6.07) is 12.3. The minimum atomic E-state index is -0.389. The Labute approximate surface area is 111 Å². The molecule has 0 unspecified atom stereocenters. The highest BCUT2D eigenvalue weighted by Gasteiger charge is 2.08. The molecule has 0 aliphatic carbocycles. The SMILES string of the molecule is CN(Cc1cccc(F)c1Cl)c1ccc(N)cc1. The van der Waals surface area contributed by atoms with E-state index in [4.69, 9.17) is 17.3 Å². The average Bonchev–Trinajstić information content (AvgIpc) is 2.36. The van der Waals surface area contributed by atoms with Gasteiger partial charge in [0.25, 0.3) is 0 Å². The second kappa shape index (κ2) is 5.27. The fourth-order valence-electron chi connectivity index (χ4n) is 1.75. The molecule has 2 aromatic carbocycles. The Morgan fingerprint density at radius 1 is 1.17 bits per heavy atom. The summed E-state index contributed by atoms with van der Waals surface area (Å²) in [5.74, 6) is -0.389. The minimum absolute atomic E-state index is 0.180. The molecule has 2 nitrogen and oxygen atoms in total. The van der Waals surface area contributed by atoms with Crippen molar-refractivity contribution in [2.45, 2.75) is 6.54 Å². The Morgan fingerprint density at radius 3 is 2.50 bits per heavy atom. The van der Waals surface area contributed by atoms with Crippen molar-refractivity contribution in [2.24, 2.45) is 0 Å². The predicted molar refractivity (Wildman–Crippen MR) is 74.4 cm³/mol. The maximum Gasteiger partial charge on any atom is 0.142 e. The molecule has 0 aliphatic heterocycles. The van der Waals surface area contributed by atoms with Gasteiger partial charge in [0.1, 0.15) is 5.82 Å². The molecule has 18 heavy (non-hydrogen) atoms. The number of nitrogens with two attached hydrogens (primary N) is 1. The molecule has 0 amide bonds. The molecule has 2 N–H and O–H groups in total. The number of nitrogens with zero attached hydrogens (tertiary/aromatic N) is 1. The number of rotatable bonds is 3. The van der Waals surface area contributed by atoms with Gasteiger partial charge in [0.05, 0.1) is 5.02 Å². The van der Waals surface area contributed by atoms with Crippen molar-refractivity contribution in [2.75, 3.05) is 17.7 Å². The maximum absolute atomic E-state index is 13.3. The lowest BCUT2D eigenvalue weighted by atomic mass is 10.2.